The standard InChI is InChI=1S/C19H17N/c1-15-18(13-8-14-20-15)19(16-9-4-2-5-10-16)17-11-6-3-7-12-17/h2-14,19H,1H3. The van der Waals surface area contributed by atoms with Gasteiger partial charge in [0.05, 0.1) is 0 Å². The maximum absolute atomic E-state index is 4.45. The smallest absolute Gasteiger partial charge is 0.0414 e. The van der Waals surface area contributed by atoms with Gasteiger partial charge in [0.15, 0.2) is 0 Å². The third-order valence-electron chi connectivity index (χ3n) is 3.62. The first-order valence-corrected chi connectivity index (χ1v) is 6.87. The minimum Gasteiger partial charge on any atom is -0.261 e. The lowest BCUT2D eigenvalue weighted by Crippen LogP contribution is -2.06. The second-order valence-electron chi connectivity index (χ2n) is 4.93. The monoisotopic (exact) mass is 259 g/mol. The Labute approximate surface area is 119 Å². The lowest BCUT2D eigenvalue weighted by molar-refractivity contribution is 0.939. The highest BCUT2D eigenvalue weighted by molar-refractivity contribution is 5.44. The van der Waals surface area contributed by atoms with Crippen molar-refractivity contribution < 1.29 is 0 Å². The fraction of sp³-hybridized carbons (Fsp3) is 0.105. The van der Waals surface area contributed by atoms with Gasteiger partial charge in [0.1, 0.15) is 0 Å². The third-order valence-corrected chi connectivity index (χ3v) is 3.62. The summed E-state index contributed by atoms with van der Waals surface area (Å²) in [6.45, 7) is 2.08. The molecule has 0 fully saturated rings. The summed E-state index contributed by atoms with van der Waals surface area (Å²) in [4.78, 5) is 4.45. The van der Waals surface area contributed by atoms with Crippen LogP contribution < -0.4 is 0 Å². The van der Waals surface area contributed by atoms with Crippen molar-refractivity contribution in [2.45, 2.75) is 12.8 Å². The molecule has 0 unspecified atom stereocenters. The summed E-state index contributed by atoms with van der Waals surface area (Å²) in [6.07, 6.45) is 1.85. The molecule has 20 heavy (non-hydrogen) atoms. The van der Waals surface area contributed by atoms with Gasteiger partial charge >= 0.3 is 0 Å². The maximum Gasteiger partial charge on any atom is 0.0414 e. The van der Waals surface area contributed by atoms with Crippen LogP contribution >= 0.6 is 0 Å². The van der Waals surface area contributed by atoms with Crippen LogP contribution in [0.4, 0.5) is 0 Å². The summed E-state index contributed by atoms with van der Waals surface area (Å²) in [5, 5.41) is 0. The average Bonchev–Trinajstić information content (AvgIpc) is 2.52. The van der Waals surface area contributed by atoms with Gasteiger partial charge < -0.3 is 0 Å². The number of rotatable bonds is 3. The Hall–Kier alpha value is -2.41. The van der Waals surface area contributed by atoms with E-state index in [-0.39, 0.29) is 5.92 Å². The highest BCUT2D eigenvalue weighted by Crippen LogP contribution is 2.32. The largest absolute Gasteiger partial charge is 0.261 e. The Bertz CT molecular complexity index is 635. The van der Waals surface area contributed by atoms with E-state index in [1.54, 1.807) is 0 Å². The molecule has 0 bridgehead atoms. The summed E-state index contributed by atoms with van der Waals surface area (Å²) in [6, 6.07) is 25.4. The summed E-state index contributed by atoms with van der Waals surface area (Å²) < 4.78 is 0. The fourth-order valence-corrected chi connectivity index (χ4v) is 2.64. The Morgan fingerprint density at radius 1 is 0.700 bits per heavy atom. The summed E-state index contributed by atoms with van der Waals surface area (Å²) in [7, 11) is 0. The molecule has 98 valence electrons. The zero-order valence-electron chi connectivity index (χ0n) is 11.5. The van der Waals surface area contributed by atoms with Crippen molar-refractivity contribution in [3.63, 3.8) is 0 Å². The lowest BCUT2D eigenvalue weighted by Gasteiger charge is -2.20. The normalized spacial score (nSPS) is 10.7. The topological polar surface area (TPSA) is 12.9 Å². The molecule has 0 saturated carbocycles. The van der Waals surface area contributed by atoms with Crippen molar-refractivity contribution in [3.05, 3.63) is 101 Å². The van der Waals surface area contributed by atoms with Crippen molar-refractivity contribution in [2.75, 3.05) is 0 Å². The minimum absolute atomic E-state index is 0.242. The Balaban J connectivity index is 2.17. The number of nitrogens with zero attached hydrogens (tertiary/aromatic N) is 1. The predicted molar refractivity (Wildman–Crippen MR) is 82.8 cm³/mol. The number of hydrogen-bond acceptors (Lipinski definition) is 1. The number of benzene rings is 2. The van der Waals surface area contributed by atoms with Gasteiger partial charge in [-0.2, -0.15) is 0 Å². The molecule has 0 atom stereocenters. The van der Waals surface area contributed by atoms with E-state index in [1.807, 2.05) is 12.3 Å². The van der Waals surface area contributed by atoms with Crippen molar-refractivity contribution in [1.29, 1.82) is 0 Å². The van der Waals surface area contributed by atoms with Crippen LogP contribution in [0, 0.1) is 6.92 Å². The van der Waals surface area contributed by atoms with Gasteiger partial charge in [0.2, 0.25) is 0 Å². The van der Waals surface area contributed by atoms with E-state index in [0.29, 0.717) is 0 Å². The number of aryl methyl sites for hydroxylation is 1. The molecular formula is C19H17N. The highest BCUT2D eigenvalue weighted by Gasteiger charge is 2.18. The van der Waals surface area contributed by atoms with E-state index >= 15 is 0 Å². The molecule has 0 radical (unpaired) electrons. The van der Waals surface area contributed by atoms with Crippen molar-refractivity contribution in [1.82, 2.24) is 4.98 Å². The van der Waals surface area contributed by atoms with Crippen LogP contribution in [0.15, 0.2) is 79.0 Å². The van der Waals surface area contributed by atoms with Gasteiger partial charge in [0.25, 0.3) is 0 Å². The van der Waals surface area contributed by atoms with Crippen molar-refractivity contribution in [2.24, 2.45) is 0 Å². The fourth-order valence-electron chi connectivity index (χ4n) is 2.64. The van der Waals surface area contributed by atoms with Gasteiger partial charge in [-0.05, 0) is 29.7 Å². The third kappa shape index (κ3) is 2.48. The van der Waals surface area contributed by atoms with Gasteiger partial charge in [0, 0.05) is 17.8 Å². The second-order valence-corrected chi connectivity index (χ2v) is 4.93. The first-order chi connectivity index (χ1) is 9.86. The molecule has 3 aromatic rings. The van der Waals surface area contributed by atoms with Crippen LogP contribution in [0.1, 0.15) is 28.3 Å². The molecule has 0 aliphatic rings. The van der Waals surface area contributed by atoms with Crippen LogP contribution in [0.25, 0.3) is 0 Å². The molecule has 1 heterocycles. The van der Waals surface area contributed by atoms with E-state index in [9.17, 15) is 0 Å². The zero-order chi connectivity index (χ0) is 13.8. The van der Waals surface area contributed by atoms with Crippen molar-refractivity contribution in [3.8, 4) is 0 Å². The highest BCUT2D eigenvalue weighted by atomic mass is 14.7. The molecule has 0 N–H and O–H groups in total. The summed E-state index contributed by atoms with van der Waals surface area (Å²) >= 11 is 0. The van der Waals surface area contributed by atoms with Crippen LogP contribution in [-0.4, -0.2) is 4.98 Å². The van der Waals surface area contributed by atoms with E-state index in [2.05, 4.69) is 78.6 Å². The molecule has 3 rings (SSSR count). The van der Waals surface area contributed by atoms with Crippen LogP contribution in [-0.2, 0) is 0 Å². The second kappa shape index (κ2) is 5.70. The summed E-state index contributed by atoms with van der Waals surface area (Å²) in [5.41, 5.74) is 4.96. The van der Waals surface area contributed by atoms with Gasteiger partial charge in [-0.1, -0.05) is 66.7 Å². The Morgan fingerprint density at radius 3 is 1.75 bits per heavy atom. The first-order valence-electron chi connectivity index (χ1n) is 6.87. The van der Waals surface area contributed by atoms with E-state index in [4.69, 9.17) is 0 Å². The van der Waals surface area contributed by atoms with Crippen molar-refractivity contribution >= 4 is 0 Å². The molecule has 0 spiro atoms. The summed E-state index contributed by atoms with van der Waals surface area (Å²) in [5.74, 6) is 0.242. The lowest BCUT2D eigenvalue weighted by atomic mass is 9.84. The molecule has 0 aliphatic carbocycles. The van der Waals surface area contributed by atoms with Crippen LogP contribution in [0.2, 0.25) is 0 Å². The van der Waals surface area contributed by atoms with Gasteiger partial charge in [-0.25, -0.2) is 0 Å². The predicted octanol–water partition coefficient (Wildman–Crippen LogP) is 4.57. The van der Waals surface area contributed by atoms with E-state index in [1.165, 1.54) is 16.7 Å². The molecule has 0 aliphatic heterocycles. The molecule has 1 nitrogen and oxygen atoms in total. The number of aromatic nitrogens is 1. The van der Waals surface area contributed by atoms with Gasteiger partial charge in [-0.15, -0.1) is 0 Å². The van der Waals surface area contributed by atoms with Crippen LogP contribution in [0.3, 0.4) is 0 Å². The zero-order valence-corrected chi connectivity index (χ0v) is 11.5. The molecular weight excluding hydrogens is 242 g/mol. The Kier molecular flexibility index (Phi) is 3.60. The molecule has 0 saturated heterocycles. The maximum atomic E-state index is 4.45. The number of hydrogen-bond donors (Lipinski definition) is 0. The SMILES string of the molecule is Cc1ncccc1C(c1ccccc1)c1ccccc1. The Morgan fingerprint density at radius 2 is 1.25 bits per heavy atom. The average molecular weight is 259 g/mol. The van der Waals surface area contributed by atoms with E-state index < -0.39 is 0 Å². The minimum atomic E-state index is 0.242. The quantitative estimate of drug-likeness (QED) is 0.671. The number of pyridine rings is 1. The van der Waals surface area contributed by atoms with Gasteiger partial charge in [-0.3, -0.25) is 4.98 Å². The van der Waals surface area contributed by atoms with E-state index in [0.717, 1.165) is 5.69 Å². The molecule has 1 aromatic heterocycles. The molecule has 2 aromatic carbocycles. The molecule has 0 amide bonds. The molecule has 1 heteroatoms. The van der Waals surface area contributed by atoms with Crippen LogP contribution in [0.5, 0.6) is 0 Å². The first kappa shape index (κ1) is 12.6.